The first kappa shape index (κ1) is 7.78. The van der Waals surface area contributed by atoms with Gasteiger partial charge in [0.05, 0.1) is 0 Å². The molecule has 1 saturated carbocycles. The quantitative estimate of drug-likeness (QED) is 0.578. The second kappa shape index (κ2) is 2.89. The lowest BCUT2D eigenvalue weighted by atomic mass is 9.92. The Bertz CT molecular complexity index is 250. The molecule has 2 bridgehead atoms. The highest BCUT2D eigenvalue weighted by Crippen LogP contribution is 2.39. The molecular formula is C11H14O. The van der Waals surface area contributed by atoms with Gasteiger partial charge < -0.3 is 0 Å². The van der Waals surface area contributed by atoms with Crippen LogP contribution in [0.25, 0.3) is 0 Å². The third-order valence-corrected chi connectivity index (χ3v) is 3.02. The molecule has 0 aromatic rings. The average molecular weight is 162 g/mol. The molecule has 64 valence electrons. The molecule has 0 amide bonds. The Morgan fingerprint density at radius 2 is 2.00 bits per heavy atom. The van der Waals surface area contributed by atoms with Crippen LogP contribution in [0, 0.1) is 17.8 Å². The van der Waals surface area contributed by atoms with Crippen molar-refractivity contribution in [2.24, 2.45) is 17.8 Å². The summed E-state index contributed by atoms with van der Waals surface area (Å²) in [6.07, 6.45) is 10.9. The number of hydrogen-bond donors (Lipinski definition) is 0. The molecule has 1 nitrogen and oxygen atoms in total. The van der Waals surface area contributed by atoms with E-state index >= 15 is 0 Å². The summed E-state index contributed by atoms with van der Waals surface area (Å²) in [6, 6.07) is 0. The van der Waals surface area contributed by atoms with Gasteiger partial charge in [0, 0.05) is 5.92 Å². The van der Waals surface area contributed by atoms with E-state index in [1.807, 2.05) is 0 Å². The van der Waals surface area contributed by atoms with Gasteiger partial charge in [0.1, 0.15) is 5.78 Å². The topological polar surface area (TPSA) is 17.1 Å². The Morgan fingerprint density at radius 1 is 1.25 bits per heavy atom. The van der Waals surface area contributed by atoms with Crippen molar-refractivity contribution in [3.8, 4) is 0 Å². The van der Waals surface area contributed by atoms with Gasteiger partial charge in [-0.15, -0.1) is 0 Å². The molecule has 0 N–H and O–H groups in total. The summed E-state index contributed by atoms with van der Waals surface area (Å²) in [5.41, 5.74) is 0. The van der Waals surface area contributed by atoms with Crippen LogP contribution in [0.2, 0.25) is 0 Å². The average Bonchev–Trinajstić information content (AvgIpc) is 2.23. The van der Waals surface area contributed by atoms with Gasteiger partial charge in [-0.25, -0.2) is 0 Å². The highest BCUT2D eigenvalue weighted by molar-refractivity contribution is 5.79. The first-order chi connectivity index (χ1) is 5.77. The molecule has 0 aromatic carbocycles. The molecule has 3 atom stereocenters. The lowest BCUT2D eigenvalue weighted by Gasteiger charge is -2.11. The van der Waals surface area contributed by atoms with Crippen molar-refractivity contribution >= 4 is 5.78 Å². The zero-order chi connectivity index (χ0) is 8.55. The van der Waals surface area contributed by atoms with E-state index in [2.05, 4.69) is 24.3 Å². The summed E-state index contributed by atoms with van der Waals surface area (Å²) < 4.78 is 0. The monoisotopic (exact) mass is 162 g/mol. The number of Topliss-reactive ketones (excluding diaryl/α,β-unsaturated/α-hetero) is 1. The van der Waals surface area contributed by atoms with Crippen molar-refractivity contribution in [1.29, 1.82) is 0 Å². The second-order valence-corrected chi connectivity index (χ2v) is 3.88. The summed E-state index contributed by atoms with van der Waals surface area (Å²) in [5, 5.41) is 0. The number of allylic oxidation sites excluding steroid dienone is 4. The molecule has 0 heterocycles. The molecule has 0 radical (unpaired) electrons. The number of carbonyl (C=O) groups is 1. The Labute approximate surface area is 73.2 Å². The van der Waals surface area contributed by atoms with Gasteiger partial charge in [0.15, 0.2) is 0 Å². The lowest BCUT2D eigenvalue weighted by Crippen LogP contribution is -2.14. The standard InChI is InChI=1S/C11H14O/c1-8(12)11-7-9-4-2-3-5-10(11)6-9/h2-5,9-11H,6-7H2,1H3. The molecule has 1 fully saturated rings. The minimum absolute atomic E-state index is 0.302. The van der Waals surface area contributed by atoms with Crippen LogP contribution in [0.3, 0.4) is 0 Å². The van der Waals surface area contributed by atoms with Crippen LogP contribution in [-0.2, 0) is 4.79 Å². The summed E-state index contributed by atoms with van der Waals surface area (Å²) in [6.45, 7) is 1.72. The van der Waals surface area contributed by atoms with Crippen molar-refractivity contribution in [1.82, 2.24) is 0 Å². The van der Waals surface area contributed by atoms with Crippen LogP contribution >= 0.6 is 0 Å². The smallest absolute Gasteiger partial charge is 0.133 e. The van der Waals surface area contributed by atoms with Crippen LogP contribution in [-0.4, -0.2) is 5.78 Å². The van der Waals surface area contributed by atoms with Crippen LogP contribution in [0.5, 0.6) is 0 Å². The Balaban J connectivity index is 2.19. The minimum atomic E-state index is 0.302. The summed E-state index contributed by atoms with van der Waals surface area (Å²) in [7, 11) is 0. The molecule has 12 heavy (non-hydrogen) atoms. The maximum Gasteiger partial charge on any atom is 0.133 e. The Morgan fingerprint density at radius 3 is 2.75 bits per heavy atom. The fourth-order valence-electron chi connectivity index (χ4n) is 2.38. The Hall–Kier alpha value is -0.850. The number of hydrogen-bond acceptors (Lipinski definition) is 1. The molecule has 0 aliphatic heterocycles. The zero-order valence-corrected chi connectivity index (χ0v) is 7.36. The highest BCUT2D eigenvalue weighted by atomic mass is 16.1. The number of carbonyl (C=O) groups excluding carboxylic acids is 1. The van der Waals surface area contributed by atoms with E-state index in [4.69, 9.17) is 0 Å². The highest BCUT2D eigenvalue weighted by Gasteiger charge is 2.34. The van der Waals surface area contributed by atoms with E-state index in [-0.39, 0.29) is 0 Å². The molecule has 2 rings (SSSR count). The van der Waals surface area contributed by atoms with Crippen LogP contribution in [0.1, 0.15) is 19.8 Å². The fraction of sp³-hybridized carbons (Fsp3) is 0.545. The largest absolute Gasteiger partial charge is 0.300 e. The van der Waals surface area contributed by atoms with Crippen LogP contribution in [0.15, 0.2) is 24.3 Å². The third-order valence-electron chi connectivity index (χ3n) is 3.02. The van der Waals surface area contributed by atoms with Crippen molar-refractivity contribution in [3.63, 3.8) is 0 Å². The van der Waals surface area contributed by atoms with Crippen molar-refractivity contribution < 1.29 is 4.79 Å². The molecule has 0 aromatic heterocycles. The second-order valence-electron chi connectivity index (χ2n) is 3.88. The first-order valence-electron chi connectivity index (χ1n) is 4.63. The molecule has 3 unspecified atom stereocenters. The van der Waals surface area contributed by atoms with Gasteiger partial charge >= 0.3 is 0 Å². The zero-order valence-electron chi connectivity index (χ0n) is 7.36. The Kier molecular flexibility index (Phi) is 1.87. The number of rotatable bonds is 1. The van der Waals surface area contributed by atoms with E-state index in [1.54, 1.807) is 6.92 Å². The number of ketones is 1. The molecule has 2 aliphatic carbocycles. The van der Waals surface area contributed by atoms with E-state index in [9.17, 15) is 4.79 Å². The molecule has 0 spiro atoms. The van der Waals surface area contributed by atoms with Gasteiger partial charge in [-0.3, -0.25) is 4.79 Å². The summed E-state index contributed by atoms with van der Waals surface area (Å²) in [4.78, 5) is 11.2. The molecular weight excluding hydrogens is 148 g/mol. The molecule has 1 heteroatoms. The van der Waals surface area contributed by atoms with Gasteiger partial charge in [-0.05, 0) is 31.6 Å². The summed E-state index contributed by atoms with van der Waals surface area (Å²) >= 11 is 0. The fourth-order valence-corrected chi connectivity index (χ4v) is 2.38. The van der Waals surface area contributed by atoms with Crippen LogP contribution in [0.4, 0.5) is 0 Å². The van der Waals surface area contributed by atoms with E-state index < -0.39 is 0 Å². The van der Waals surface area contributed by atoms with Gasteiger partial charge in [-0.2, -0.15) is 0 Å². The van der Waals surface area contributed by atoms with Gasteiger partial charge in [0.2, 0.25) is 0 Å². The predicted octanol–water partition coefficient (Wildman–Crippen LogP) is 2.34. The molecule has 0 saturated heterocycles. The van der Waals surface area contributed by atoms with E-state index in [1.165, 1.54) is 6.42 Å². The van der Waals surface area contributed by atoms with Crippen molar-refractivity contribution in [2.45, 2.75) is 19.8 Å². The SMILES string of the molecule is CC(=O)C1CC2C=CC=CC1C2. The third kappa shape index (κ3) is 1.24. The minimum Gasteiger partial charge on any atom is -0.300 e. The van der Waals surface area contributed by atoms with Crippen molar-refractivity contribution in [2.75, 3.05) is 0 Å². The van der Waals surface area contributed by atoms with Gasteiger partial charge in [-0.1, -0.05) is 24.3 Å². The maximum absolute atomic E-state index is 11.2. The molecule has 2 aliphatic rings. The number of fused-ring (bicyclic) bond motifs is 2. The van der Waals surface area contributed by atoms with Crippen LogP contribution < -0.4 is 0 Å². The normalized spacial score (nSPS) is 38.2. The summed E-state index contributed by atoms with van der Waals surface area (Å²) in [5.74, 6) is 1.83. The first-order valence-corrected chi connectivity index (χ1v) is 4.63. The van der Waals surface area contributed by atoms with Gasteiger partial charge in [0.25, 0.3) is 0 Å². The predicted molar refractivity (Wildman–Crippen MR) is 48.7 cm³/mol. The van der Waals surface area contributed by atoms with Crippen molar-refractivity contribution in [3.05, 3.63) is 24.3 Å². The van der Waals surface area contributed by atoms with E-state index in [0.717, 1.165) is 6.42 Å². The lowest BCUT2D eigenvalue weighted by molar-refractivity contribution is -0.121. The maximum atomic E-state index is 11.2. The van der Waals surface area contributed by atoms with E-state index in [0.29, 0.717) is 23.5 Å².